The molecule has 0 radical (unpaired) electrons. The van der Waals surface area contributed by atoms with E-state index in [0.717, 1.165) is 27.9 Å². The van der Waals surface area contributed by atoms with Gasteiger partial charge in [-0.3, -0.25) is 5.43 Å². The lowest BCUT2D eigenvalue weighted by Crippen LogP contribution is -2.00. The van der Waals surface area contributed by atoms with Gasteiger partial charge in [-0.2, -0.15) is 5.10 Å². The van der Waals surface area contributed by atoms with Crippen LogP contribution in [-0.4, -0.2) is 17.8 Å². The molecule has 0 amide bonds. The molecule has 1 aromatic heterocycles. The normalized spacial score (nSPS) is 13.5. The molecule has 1 aliphatic carbocycles. The molecule has 0 saturated carbocycles. The van der Waals surface area contributed by atoms with Crippen LogP contribution in [-0.2, 0) is 12.8 Å². The number of thiazole rings is 1. The van der Waals surface area contributed by atoms with Crippen molar-refractivity contribution in [1.29, 1.82) is 0 Å². The fourth-order valence-electron chi connectivity index (χ4n) is 3.20. The van der Waals surface area contributed by atoms with Gasteiger partial charge in [0.25, 0.3) is 0 Å². The summed E-state index contributed by atoms with van der Waals surface area (Å²) in [5.41, 5.74) is 9.18. The number of anilines is 1. The molecule has 3 aromatic rings. The van der Waals surface area contributed by atoms with Gasteiger partial charge in [-0.25, -0.2) is 4.98 Å². The van der Waals surface area contributed by atoms with Crippen LogP contribution in [0.2, 0.25) is 0 Å². The SMILES string of the molecule is COc1ccc(/C(C)=N/Nc2csc(-c3ccc4c(c3)CCC4)n2)cc1. The molecule has 2 aromatic carbocycles. The molecule has 0 aliphatic heterocycles. The molecule has 0 atom stereocenters. The predicted molar refractivity (Wildman–Crippen MR) is 108 cm³/mol. The summed E-state index contributed by atoms with van der Waals surface area (Å²) in [4.78, 5) is 4.68. The smallest absolute Gasteiger partial charge is 0.157 e. The molecule has 0 spiro atoms. The van der Waals surface area contributed by atoms with Crippen LogP contribution in [0, 0.1) is 0 Å². The number of rotatable bonds is 5. The molecule has 0 unspecified atom stereocenters. The minimum atomic E-state index is 0.776. The summed E-state index contributed by atoms with van der Waals surface area (Å²) in [7, 11) is 1.67. The van der Waals surface area contributed by atoms with Crippen LogP contribution in [0.15, 0.2) is 52.9 Å². The van der Waals surface area contributed by atoms with Crippen LogP contribution in [0.5, 0.6) is 5.75 Å². The fraction of sp³-hybridized carbons (Fsp3) is 0.238. The highest BCUT2D eigenvalue weighted by Crippen LogP contribution is 2.30. The van der Waals surface area contributed by atoms with E-state index >= 15 is 0 Å². The van der Waals surface area contributed by atoms with Gasteiger partial charge in [0.2, 0.25) is 0 Å². The van der Waals surface area contributed by atoms with Crippen molar-refractivity contribution < 1.29 is 4.74 Å². The lowest BCUT2D eigenvalue weighted by atomic mass is 10.1. The highest BCUT2D eigenvalue weighted by Gasteiger charge is 2.13. The van der Waals surface area contributed by atoms with E-state index in [0.29, 0.717) is 0 Å². The van der Waals surface area contributed by atoms with Gasteiger partial charge in [-0.05, 0) is 73.2 Å². The maximum atomic E-state index is 5.19. The second-order valence-corrected chi connectivity index (χ2v) is 7.27. The van der Waals surface area contributed by atoms with E-state index in [1.165, 1.54) is 36.0 Å². The average Bonchev–Trinajstić information content (AvgIpc) is 3.34. The highest BCUT2D eigenvalue weighted by atomic mass is 32.1. The second kappa shape index (κ2) is 7.30. The Morgan fingerprint density at radius 3 is 2.73 bits per heavy atom. The minimum Gasteiger partial charge on any atom is -0.497 e. The Labute approximate surface area is 157 Å². The molecule has 132 valence electrons. The number of aromatic nitrogens is 1. The molecule has 0 bridgehead atoms. The quantitative estimate of drug-likeness (QED) is 0.504. The molecule has 26 heavy (non-hydrogen) atoms. The van der Waals surface area contributed by atoms with Gasteiger partial charge < -0.3 is 4.74 Å². The fourth-order valence-corrected chi connectivity index (χ4v) is 3.94. The van der Waals surface area contributed by atoms with Gasteiger partial charge >= 0.3 is 0 Å². The summed E-state index contributed by atoms with van der Waals surface area (Å²) in [6.07, 6.45) is 3.66. The maximum absolute atomic E-state index is 5.19. The van der Waals surface area contributed by atoms with Crippen molar-refractivity contribution in [3.8, 4) is 16.3 Å². The Balaban J connectivity index is 1.47. The first-order valence-corrected chi connectivity index (χ1v) is 9.63. The number of hydrogen-bond acceptors (Lipinski definition) is 5. The summed E-state index contributed by atoms with van der Waals surface area (Å²) < 4.78 is 5.19. The number of nitrogens with zero attached hydrogens (tertiary/aromatic N) is 2. The Hall–Kier alpha value is -2.66. The van der Waals surface area contributed by atoms with E-state index in [-0.39, 0.29) is 0 Å². The Bertz CT molecular complexity index is 944. The Morgan fingerprint density at radius 1 is 1.12 bits per heavy atom. The molecule has 5 heteroatoms. The average molecular weight is 363 g/mol. The molecule has 0 saturated heterocycles. The summed E-state index contributed by atoms with van der Waals surface area (Å²) in [6.45, 7) is 1.97. The number of ether oxygens (including phenoxy) is 1. The van der Waals surface area contributed by atoms with Crippen molar-refractivity contribution in [1.82, 2.24) is 4.98 Å². The van der Waals surface area contributed by atoms with Crippen molar-refractivity contribution in [3.05, 3.63) is 64.5 Å². The molecule has 4 nitrogen and oxygen atoms in total. The Kier molecular flexibility index (Phi) is 4.71. The molecular weight excluding hydrogens is 342 g/mol. The number of fused-ring (bicyclic) bond motifs is 1. The number of methoxy groups -OCH3 is 1. The van der Waals surface area contributed by atoms with E-state index in [9.17, 15) is 0 Å². The summed E-state index contributed by atoms with van der Waals surface area (Å²) >= 11 is 1.64. The van der Waals surface area contributed by atoms with Gasteiger partial charge in [-0.15, -0.1) is 11.3 Å². The number of hydrazone groups is 1. The maximum Gasteiger partial charge on any atom is 0.157 e. The first-order chi connectivity index (χ1) is 12.7. The third-order valence-electron chi connectivity index (χ3n) is 4.70. The first-order valence-electron chi connectivity index (χ1n) is 8.75. The molecule has 0 fully saturated rings. The van der Waals surface area contributed by atoms with Crippen LogP contribution in [0.3, 0.4) is 0 Å². The molecule has 4 rings (SSSR count). The van der Waals surface area contributed by atoms with Crippen molar-refractivity contribution in [2.75, 3.05) is 12.5 Å². The van der Waals surface area contributed by atoms with Crippen LogP contribution in [0.4, 0.5) is 5.82 Å². The number of nitrogens with one attached hydrogen (secondary N) is 1. The van der Waals surface area contributed by atoms with E-state index in [2.05, 4.69) is 33.7 Å². The zero-order valence-corrected chi connectivity index (χ0v) is 15.8. The summed E-state index contributed by atoms with van der Waals surface area (Å²) in [5.74, 6) is 1.62. The molecular formula is C21H21N3OS. The van der Waals surface area contributed by atoms with Crippen molar-refractivity contribution >= 4 is 22.9 Å². The van der Waals surface area contributed by atoms with E-state index in [1.54, 1.807) is 18.4 Å². The Morgan fingerprint density at radius 2 is 1.92 bits per heavy atom. The van der Waals surface area contributed by atoms with Crippen LogP contribution in [0.25, 0.3) is 10.6 Å². The molecule has 1 N–H and O–H groups in total. The zero-order valence-electron chi connectivity index (χ0n) is 15.0. The van der Waals surface area contributed by atoms with Gasteiger partial charge in [0, 0.05) is 10.9 Å². The zero-order chi connectivity index (χ0) is 17.9. The van der Waals surface area contributed by atoms with Crippen LogP contribution >= 0.6 is 11.3 Å². The minimum absolute atomic E-state index is 0.776. The molecule has 1 aliphatic rings. The van der Waals surface area contributed by atoms with Gasteiger partial charge in [0.1, 0.15) is 10.8 Å². The van der Waals surface area contributed by atoms with Crippen molar-refractivity contribution in [2.24, 2.45) is 5.10 Å². The highest BCUT2D eigenvalue weighted by molar-refractivity contribution is 7.13. The second-order valence-electron chi connectivity index (χ2n) is 6.41. The standard InChI is InChI=1S/C21H21N3OS/c1-14(15-8-10-19(25-2)11-9-15)23-24-20-13-26-21(22-20)18-7-6-16-4-3-5-17(16)12-18/h6-13,24H,3-5H2,1-2H3/b23-14+. The largest absolute Gasteiger partial charge is 0.497 e. The van der Waals surface area contributed by atoms with Gasteiger partial charge in [0.05, 0.1) is 12.8 Å². The predicted octanol–water partition coefficient (Wildman–Crippen LogP) is 5.14. The van der Waals surface area contributed by atoms with Gasteiger partial charge in [0.15, 0.2) is 5.82 Å². The monoisotopic (exact) mass is 363 g/mol. The van der Waals surface area contributed by atoms with Crippen LogP contribution in [0.1, 0.15) is 30.0 Å². The van der Waals surface area contributed by atoms with E-state index in [4.69, 9.17) is 4.74 Å². The van der Waals surface area contributed by atoms with E-state index < -0.39 is 0 Å². The first kappa shape index (κ1) is 16.8. The number of benzene rings is 2. The van der Waals surface area contributed by atoms with Crippen molar-refractivity contribution in [2.45, 2.75) is 26.2 Å². The van der Waals surface area contributed by atoms with Crippen molar-refractivity contribution in [3.63, 3.8) is 0 Å². The molecule has 1 heterocycles. The number of aryl methyl sites for hydroxylation is 2. The summed E-state index contributed by atoms with van der Waals surface area (Å²) in [5, 5.41) is 7.49. The third kappa shape index (κ3) is 3.48. The topological polar surface area (TPSA) is 46.5 Å². The third-order valence-corrected chi connectivity index (χ3v) is 5.59. The van der Waals surface area contributed by atoms with Gasteiger partial charge in [-0.1, -0.05) is 12.1 Å². The number of hydrogen-bond donors (Lipinski definition) is 1. The lowest BCUT2D eigenvalue weighted by Gasteiger charge is -2.04. The lowest BCUT2D eigenvalue weighted by molar-refractivity contribution is 0.415. The van der Waals surface area contributed by atoms with Crippen LogP contribution < -0.4 is 10.2 Å². The summed E-state index contributed by atoms with van der Waals surface area (Å²) in [6, 6.07) is 14.6. The van der Waals surface area contributed by atoms with E-state index in [1.807, 2.05) is 36.6 Å².